The Balaban J connectivity index is 2.69. The molecule has 0 radical (unpaired) electrons. The first-order valence-corrected chi connectivity index (χ1v) is 4.57. The zero-order chi connectivity index (χ0) is 8.32. The Hall–Kier alpha value is -0.300. The van der Waals surface area contributed by atoms with Crippen molar-refractivity contribution in [1.82, 2.24) is 0 Å². The van der Waals surface area contributed by atoms with E-state index in [-0.39, 0.29) is 11.5 Å². The maximum atomic E-state index is 9.75. The SMILES string of the molecule is C=CC1(CC)CCCCC1O. The van der Waals surface area contributed by atoms with Gasteiger partial charge in [-0.3, -0.25) is 0 Å². The first kappa shape index (κ1) is 8.79. The predicted molar refractivity (Wildman–Crippen MR) is 47.4 cm³/mol. The van der Waals surface area contributed by atoms with Crippen LogP contribution in [-0.4, -0.2) is 11.2 Å². The molecular weight excluding hydrogens is 136 g/mol. The molecule has 1 fully saturated rings. The van der Waals surface area contributed by atoms with E-state index in [0.29, 0.717) is 0 Å². The fourth-order valence-electron chi connectivity index (χ4n) is 2.04. The Bertz CT molecular complexity index is 142. The van der Waals surface area contributed by atoms with E-state index in [1.165, 1.54) is 12.8 Å². The summed E-state index contributed by atoms with van der Waals surface area (Å²) in [6, 6.07) is 0. The molecular formula is C10H18O. The minimum atomic E-state index is -0.140. The van der Waals surface area contributed by atoms with Crippen LogP contribution in [0.1, 0.15) is 39.0 Å². The molecule has 0 aromatic carbocycles. The molecule has 64 valence electrons. The lowest BCUT2D eigenvalue weighted by Gasteiger charge is -2.38. The van der Waals surface area contributed by atoms with E-state index in [1.807, 2.05) is 6.08 Å². The standard InChI is InChI=1S/C10H18O/c1-3-10(4-2)8-6-5-7-9(10)11/h3,9,11H,1,4-8H2,2H3. The highest BCUT2D eigenvalue weighted by Crippen LogP contribution is 2.40. The third kappa shape index (κ3) is 1.48. The van der Waals surface area contributed by atoms with Crippen LogP contribution in [0.2, 0.25) is 0 Å². The molecule has 1 heteroatoms. The van der Waals surface area contributed by atoms with Crippen molar-refractivity contribution >= 4 is 0 Å². The highest BCUT2D eigenvalue weighted by atomic mass is 16.3. The minimum absolute atomic E-state index is 0.0399. The number of hydrogen-bond donors (Lipinski definition) is 1. The van der Waals surface area contributed by atoms with E-state index in [4.69, 9.17) is 0 Å². The highest BCUT2D eigenvalue weighted by Gasteiger charge is 2.34. The van der Waals surface area contributed by atoms with Crippen LogP contribution >= 0.6 is 0 Å². The summed E-state index contributed by atoms with van der Waals surface area (Å²) in [6.07, 6.45) is 7.34. The molecule has 1 rings (SSSR count). The van der Waals surface area contributed by atoms with Crippen molar-refractivity contribution in [1.29, 1.82) is 0 Å². The Kier molecular flexibility index (Phi) is 2.72. The lowest BCUT2D eigenvalue weighted by Crippen LogP contribution is -2.35. The first-order chi connectivity index (χ1) is 5.25. The number of aliphatic hydroxyl groups excluding tert-OH is 1. The van der Waals surface area contributed by atoms with Gasteiger partial charge < -0.3 is 5.11 Å². The molecule has 1 saturated carbocycles. The highest BCUT2D eigenvalue weighted by molar-refractivity contribution is 5.00. The number of hydrogen-bond acceptors (Lipinski definition) is 1. The van der Waals surface area contributed by atoms with E-state index < -0.39 is 0 Å². The van der Waals surface area contributed by atoms with Gasteiger partial charge >= 0.3 is 0 Å². The summed E-state index contributed by atoms with van der Waals surface area (Å²) in [7, 11) is 0. The zero-order valence-corrected chi connectivity index (χ0v) is 7.34. The van der Waals surface area contributed by atoms with E-state index in [1.54, 1.807) is 0 Å². The first-order valence-electron chi connectivity index (χ1n) is 4.57. The molecule has 1 nitrogen and oxygen atoms in total. The fourth-order valence-corrected chi connectivity index (χ4v) is 2.04. The minimum Gasteiger partial charge on any atom is -0.392 e. The van der Waals surface area contributed by atoms with Gasteiger partial charge in [0.2, 0.25) is 0 Å². The third-order valence-electron chi connectivity index (χ3n) is 3.10. The number of aliphatic hydroxyl groups is 1. The van der Waals surface area contributed by atoms with Gasteiger partial charge in [-0.1, -0.05) is 25.8 Å². The summed E-state index contributed by atoms with van der Waals surface area (Å²) in [5, 5.41) is 9.75. The maximum absolute atomic E-state index is 9.75. The molecule has 0 aromatic rings. The van der Waals surface area contributed by atoms with Crippen LogP contribution in [0.25, 0.3) is 0 Å². The van der Waals surface area contributed by atoms with Crippen molar-refractivity contribution in [2.45, 2.75) is 45.1 Å². The predicted octanol–water partition coefficient (Wildman–Crippen LogP) is 2.50. The zero-order valence-electron chi connectivity index (χ0n) is 7.34. The van der Waals surface area contributed by atoms with Gasteiger partial charge in [0.05, 0.1) is 6.10 Å². The number of rotatable bonds is 2. The van der Waals surface area contributed by atoms with Crippen molar-refractivity contribution in [3.8, 4) is 0 Å². The van der Waals surface area contributed by atoms with Crippen LogP contribution in [0.5, 0.6) is 0 Å². The smallest absolute Gasteiger partial charge is 0.0630 e. The summed E-state index contributed by atoms with van der Waals surface area (Å²) >= 11 is 0. The van der Waals surface area contributed by atoms with Crippen LogP contribution in [-0.2, 0) is 0 Å². The average molecular weight is 154 g/mol. The van der Waals surface area contributed by atoms with E-state index in [2.05, 4.69) is 13.5 Å². The summed E-state index contributed by atoms with van der Waals surface area (Å²) in [6.45, 7) is 5.95. The molecule has 1 N–H and O–H groups in total. The molecule has 11 heavy (non-hydrogen) atoms. The summed E-state index contributed by atoms with van der Waals surface area (Å²) in [5.74, 6) is 0. The van der Waals surface area contributed by atoms with Gasteiger partial charge in [0.25, 0.3) is 0 Å². The molecule has 2 atom stereocenters. The molecule has 0 aromatic heterocycles. The van der Waals surface area contributed by atoms with Crippen LogP contribution in [0.4, 0.5) is 0 Å². The van der Waals surface area contributed by atoms with Crippen molar-refractivity contribution in [2.24, 2.45) is 5.41 Å². The Morgan fingerprint density at radius 2 is 2.36 bits per heavy atom. The van der Waals surface area contributed by atoms with Crippen molar-refractivity contribution in [3.63, 3.8) is 0 Å². The Morgan fingerprint density at radius 3 is 2.73 bits per heavy atom. The van der Waals surface area contributed by atoms with Crippen LogP contribution in [0, 0.1) is 5.41 Å². The molecule has 1 aliphatic rings. The van der Waals surface area contributed by atoms with Crippen molar-refractivity contribution in [2.75, 3.05) is 0 Å². The summed E-state index contributed by atoms with van der Waals surface area (Å²) < 4.78 is 0. The third-order valence-corrected chi connectivity index (χ3v) is 3.10. The second kappa shape index (κ2) is 3.40. The maximum Gasteiger partial charge on any atom is 0.0630 e. The van der Waals surface area contributed by atoms with Gasteiger partial charge in [0.15, 0.2) is 0 Å². The summed E-state index contributed by atoms with van der Waals surface area (Å²) in [5.41, 5.74) is 0.0399. The largest absolute Gasteiger partial charge is 0.392 e. The molecule has 0 aliphatic heterocycles. The van der Waals surface area contributed by atoms with Gasteiger partial charge in [-0.2, -0.15) is 0 Å². The average Bonchev–Trinajstić information content (AvgIpc) is 2.06. The molecule has 0 saturated heterocycles. The summed E-state index contributed by atoms with van der Waals surface area (Å²) in [4.78, 5) is 0. The van der Waals surface area contributed by atoms with Crippen molar-refractivity contribution in [3.05, 3.63) is 12.7 Å². The Morgan fingerprint density at radius 1 is 1.64 bits per heavy atom. The second-order valence-electron chi connectivity index (χ2n) is 3.55. The van der Waals surface area contributed by atoms with Gasteiger partial charge in [-0.15, -0.1) is 6.58 Å². The fraction of sp³-hybridized carbons (Fsp3) is 0.800. The van der Waals surface area contributed by atoms with Gasteiger partial charge in [0.1, 0.15) is 0 Å². The van der Waals surface area contributed by atoms with Crippen molar-refractivity contribution < 1.29 is 5.11 Å². The Labute approximate surface area is 69.1 Å². The van der Waals surface area contributed by atoms with E-state index >= 15 is 0 Å². The lowest BCUT2D eigenvalue weighted by atomic mass is 9.70. The second-order valence-corrected chi connectivity index (χ2v) is 3.55. The van der Waals surface area contributed by atoms with Crippen LogP contribution < -0.4 is 0 Å². The van der Waals surface area contributed by atoms with Gasteiger partial charge in [-0.05, 0) is 19.3 Å². The lowest BCUT2D eigenvalue weighted by molar-refractivity contribution is 0.0187. The van der Waals surface area contributed by atoms with Crippen LogP contribution in [0.3, 0.4) is 0 Å². The van der Waals surface area contributed by atoms with Gasteiger partial charge in [0, 0.05) is 5.41 Å². The monoisotopic (exact) mass is 154 g/mol. The topological polar surface area (TPSA) is 20.2 Å². The van der Waals surface area contributed by atoms with E-state index in [0.717, 1.165) is 19.3 Å². The molecule has 0 spiro atoms. The van der Waals surface area contributed by atoms with Crippen LogP contribution in [0.15, 0.2) is 12.7 Å². The molecule has 0 amide bonds. The van der Waals surface area contributed by atoms with Gasteiger partial charge in [-0.25, -0.2) is 0 Å². The van der Waals surface area contributed by atoms with E-state index in [9.17, 15) is 5.11 Å². The molecule has 0 heterocycles. The normalized spacial score (nSPS) is 38.5. The quantitative estimate of drug-likeness (QED) is 0.606. The molecule has 0 bridgehead atoms. The molecule has 2 unspecified atom stereocenters. The molecule has 1 aliphatic carbocycles.